The van der Waals surface area contributed by atoms with E-state index in [9.17, 15) is 0 Å². The van der Waals surface area contributed by atoms with Gasteiger partial charge in [-0.2, -0.15) is 0 Å². The predicted octanol–water partition coefficient (Wildman–Crippen LogP) is 4.29. The van der Waals surface area contributed by atoms with Gasteiger partial charge in [0.05, 0.1) is 26.4 Å². The van der Waals surface area contributed by atoms with Gasteiger partial charge in [0.25, 0.3) is 0 Å². The van der Waals surface area contributed by atoms with E-state index in [1.54, 1.807) is 21.6 Å². The summed E-state index contributed by atoms with van der Waals surface area (Å²) in [4.78, 5) is 4.56. The molecule has 2 aliphatic heterocycles. The van der Waals surface area contributed by atoms with Gasteiger partial charge >= 0.3 is 0 Å². The lowest BCUT2D eigenvalue weighted by molar-refractivity contribution is 0.0702. The van der Waals surface area contributed by atoms with Gasteiger partial charge in [-0.3, -0.25) is 0 Å². The van der Waals surface area contributed by atoms with Crippen molar-refractivity contribution in [3.05, 3.63) is 0 Å². The third-order valence-electron chi connectivity index (χ3n) is 4.67. The monoisotopic (exact) mass is 470 g/mol. The molecular weight excluding hydrogens is 445 g/mol. The Morgan fingerprint density at radius 1 is 0.692 bits per heavy atom. The van der Waals surface area contributed by atoms with Crippen LogP contribution in [0.5, 0.6) is 0 Å². The highest BCUT2D eigenvalue weighted by Gasteiger charge is 2.29. The second-order valence-electron chi connectivity index (χ2n) is 6.45. The Labute approximate surface area is 183 Å². The molecule has 0 amide bonds. The average Bonchev–Trinajstić information content (AvgIpc) is 2.72. The molecule has 0 aromatic carbocycles. The fourth-order valence-electron chi connectivity index (χ4n) is 3.09. The fourth-order valence-corrected chi connectivity index (χ4v) is 10.2. The van der Waals surface area contributed by atoms with Crippen molar-refractivity contribution in [2.75, 3.05) is 52.6 Å². The predicted molar refractivity (Wildman–Crippen MR) is 126 cm³/mol. The first kappa shape index (κ1) is 21.8. The number of rotatable bonds is 4. The maximum absolute atomic E-state index is 5.63. The Balaban J connectivity index is 1.41. The van der Waals surface area contributed by atoms with E-state index in [0.29, 0.717) is 10.5 Å². The zero-order valence-electron chi connectivity index (χ0n) is 14.8. The maximum atomic E-state index is 5.63. The van der Waals surface area contributed by atoms with E-state index in [-0.39, 0.29) is 0 Å². The topological polar surface area (TPSA) is 24.9 Å². The lowest BCUT2D eigenvalue weighted by Gasteiger charge is -2.33. The van der Waals surface area contributed by atoms with Gasteiger partial charge in [-0.05, 0) is 34.4 Å². The SMILES string of the molecule is S=C(SSC1CCCCC1SSC(=S)N1CCOCC1)N1CCOCC1. The molecule has 1 aliphatic carbocycles. The summed E-state index contributed by atoms with van der Waals surface area (Å²) in [5, 5.41) is 1.30. The number of morpholine rings is 2. The van der Waals surface area contributed by atoms with Gasteiger partial charge in [0.1, 0.15) is 8.64 Å². The highest BCUT2D eigenvalue weighted by molar-refractivity contribution is 8.85. The number of nitrogens with zero attached hydrogens (tertiary/aromatic N) is 2. The zero-order valence-corrected chi connectivity index (χ0v) is 19.7. The maximum Gasteiger partial charge on any atom is 0.147 e. The van der Waals surface area contributed by atoms with Crippen LogP contribution in [-0.2, 0) is 9.47 Å². The van der Waals surface area contributed by atoms with Gasteiger partial charge in [0.2, 0.25) is 0 Å². The summed E-state index contributed by atoms with van der Waals surface area (Å²) in [6.45, 7) is 6.90. The van der Waals surface area contributed by atoms with E-state index in [1.165, 1.54) is 25.7 Å². The first-order valence-corrected chi connectivity index (χ1v) is 14.4. The van der Waals surface area contributed by atoms with Crippen LogP contribution in [-0.4, -0.2) is 81.5 Å². The molecule has 2 saturated heterocycles. The molecule has 0 N–H and O–H groups in total. The van der Waals surface area contributed by atoms with Crippen LogP contribution in [0.3, 0.4) is 0 Å². The molecule has 2 atom stereocenters. The summed E-state index contributed by atoms with van der Waals surface area (Å²) in [5.41, 5.74) is 0. The van der Waals surface area contributed by atoms with Crippen LogP contribution in [0.1, 0.15) is 25.7 Å². The quantitative estimate of drug-likeness (QED) is 0.437. The Kier molecular flexibility index (Phi) is 10.0. The molecule has 0 aromatic rings. The third-order valence-corrected chi connectivity index (χ3v) is 12.1. The number of thiocarbonyl (C=S) groups is 2. The van der Waals surface area contributed by atoms with Crippen LogP contribution in [0.15, 0.2) is 0 Å². The Morgan fingerprint density at radius 3 is 1.46 bits per heavy atom. The summed E-state index contributed by atoms with van der Waals surface area (Å²) in [6, 6.07) is 0. The Bertz CT molecular complexity index is 430. The zero-order chi connectivity index (χ0) is 18.2. The van der Waals surface area contributed by atoms with Crippen molar-refractivity contribution >= 4 is 76.3 Å². The van der Waals surface area contributed by atoms with E-state index >= 15 is 0 Å². The van der Waals surface area contributed by atoms with Gasteiger partial charge in [-0.25, -0.2) is 0 Å². The molecule has 0 aromatic heterocycles. The smallest absolute Gasteiger partial charge is 0.147 e. The molecule has 148 valence electrons. The molecule has 10 heteroatoms. The summed E-state index contributed by atoms with van der Waals surface area (Å²) >= 11 is 11.3. The van der Waals surface area contributed by atoms with E-state index in [0.717, 1.165) is 61.2 Å². The molecule has 3 rings (SSSR count). The lowest BCUT2D eigenvalue weighted by Crippen LogP contribution is -2.38. The minimum atomic E-state index is 0.651. The Hall–Kier alpha value is 1.10. The van der Waals surface area contributed by atoms with Gasteiger partial charge in [0.15, 0.2) is 0 Å². The number of ether oxygens (including phenoxy) is 2. The minimum Gasteiger partial charge on any atom is -0.378 e. The molecular formula is C16H26N2O2S6. The first-order valence-electron chi connectivity index (χ1n) is 9.14. The second-order valence-corrected chi connectivity index (χ2v) is 12.6. The molecule has 0 bridgehead atoms. The van der Waals surface area contributed by atoms with E-state index in [4.69, 9.17) is 33.9 Å². The minimum absolute atomic E-state index is 0.651. The van der Waals surface area contributed by atoms with Gasteiger partial charge in [0, 0.05) is 36.7 Å². The molecule has 3 aliphatic rings. The van der Waals surface area contributed by atoms with Crippen molar-refractivity contribution in [1.82, 2.24) is 9.80 Å². The Morgan fingerprint density at radius 2 is 1.08 bits per heavy atom. The van der Waals surface area contributed by atoms with Crippen molar-refractivity contribution in [3.63, 3.8) is 0 Å². The van der Waals surface area contributed by atoms with Crippen molar-refractivity contribution in [2.24, 2.45) is 0 Å². The standard InChI is InChI=1S/C16H26N2O2S6/c21-15(17-5-9-19-10-6-17)25-23-13-3-1-2-4-14(13)24-26-16(22)18-7-11-20-12-8-18/h13-14H,1-12H2. The average molecular weight is 471 g/mol. The van der Waals surface area contributed by atoms with Crippen molar-refractivity contribution in [2.45, 2.75) is 36.2 Å². The highest BCUT2D eigenvalue weighted by Crippen LogP contribution is 2.46. The highest BCUT2D eigenvalue weighted by atomic mass is 33.1. The lowest BCUT2D eigenvalue weighted by atomic mass is 10.00. The van der Waals surface area contributed by atoms with Crippen LogP contribution >= 0.6 is 67.6 Å². The molecule has 0 spiro atoms. The molecule has 26 heavy (non-hydrogen) atoms. The van der Waals surface area contributed by atoms with Gasteiger partial charge in [-0.15, -0.1) is 0 Å². The molecule has 1 saturated carbocycles. The van der Waals surface area contributed by atoms with Crippen LogP contribution in [0.25, 0.3) is 0 Å². The number of hydrogen-bond acceptors (Lipinski definition) is 8. The summed E-state index contributed by atoms with van der Waals surface area (Å²) in [7, 11) is 7.54. The van der Waals surface area contributed by atoms with Crippen LogP contribution < -0.4 is 0 Å². The van der Waals surface area contributed by atoms with Crippen molar-refractivity contribution < 1.29 is 9.47 Å². The summed E-state index contributed by atoms with van der Waals surface area (Å²) in [6.07, 6.45) is 5.23. The molecule has 0 radical (unpaired) electrons. The normalized spacial score (nSPS) is 27.4. The first-order chi connectivity index (χ1) is 12.7. The van der Waals surface area contributed by atoms with Gasteiger partial charge < -0.3 is 19.3 Å². The molecule has 2 heterocycles. The number of hydrogen-bond donors (Lipinski definition) is 0. The van der Waals surface area contributed by atoms with Crippen LogP contribution in [0, 0.1) is 0 Å². The van der Waals surface area contributed by atoms with Crippen molar-refractivity contribution in [3.8, 4) is 0 Å². The second kappa shape index (κ2) is 11.9. The third kappa shape index (κ3) is 6.86. The molecule has 4 nitrogen and oxygen atoms in total. The fraction of sp³-hybridized carbons (Fsp3) is 0.875. The van der Waals surface area contributed by atoms with Crippen molar-refractivity contribution in [1.29, 1.82) is 0 Å². The van der Waals surface area contributed by atoms with E-state index in [1.807, 2.05) is 21.6 Å². The van der Waals surface area contributed by atoms with E-state index < -0.39 is 0 Å². The largest absolute Gasteiger partial charge is 0.378 e. The van der Waals surface area contributed by atoms with Crippen LogP contribution in [0.4, 0.5) is 0 Å². The van der Waals surface area contributed by atoms with Gasteiger partial charge in [-0.1, -0.05) is 58.9 Å². The summed E-state index contributed by atoms with van der Waals surface area (Å²) < 4.78 is 12.9. The molecule has 2 unspecified atom stereocenters. The van der Waals surface area contributed by atoms with Crippen LogP contribution in [0.2, 0.25) is 0 Å². The molecule has 3 fully saturated rings. The van der Waals surface area contributed by atoms with E-state index in [2.05, 4.69) is 9.80 Å². The summed E-state index contributed by atoms with van der Waals surface area (Å²) in [5.74, 6) is 0.